The van der Waals surface area contributed by atoms with E-state index in [9.17, 15) is 9.59 Å². The van der Waals surface area contributed by atoms with Crippen molar-refractivity contribution in [2.24, 2.45) is 0 Å². The third-order valence-electron chi connectivity index (χ3n) is 3.84. The fourth-order valence-electron chi connectivity index (χ4n) is 2.46. The van der Waals surface area contributed by atoms with Crippen molar-refractivity contribution in [2.75, 3.05) is 17.8 Å². The Kier molecular flexibility index (Phi) is 6.55. The van der Waals surface area contributed by atoms with Gasteiger partial charge >= 0.3 is 6.03 Å². The lowest BCUT2D eigenvalue weighted by Gasteiger charge is -2.12. The predicted molar refractivity (Wildman–Crippen MR) is 114 cm³/mol. The Morgan fingerprint density at radius 1 is 0.897 bits per heavy atom. The summed E-state index contributed by atoms with van der Waals surface area (Å²) in [6.45, 7) is 0. The highest BCUT2D eigenvalue weighted by molar-refractivity contribution is 6.33. The van der Waals surface area contributed by atoms with Gasteiger partial charge in [0.25, 0.3) is 5.91 Å². The number of hydrogen-bond acceptors (Lipinski definition) is 4. The van der Waals surface area contributed by atoms with E-state index in [1.165, 1.54) is 0 Å². The first-order valence-corrected chi connectivity index (χ1v) is 9.10. The van der Waals surface area contributed by atoms with E-state index in [0.29, 0.717) is 33.5 Å². The zero-order chi connectivity index (χ0) is 20.6. The molecule has 8 heteroatoms. The van der Waals surface area contributed by atoms with Crippen LogP contribution in [0.4, 0.5) is 16.2 Å². The highest BCUT2D eigenvalue weighted by Crippen LogP contribution is 2.25. The summed E-state index contributed by atoms with van der Waals surface area (Å²) in [6.07, 6.45) is 0. The van der Waals surface area contributed by atoms with Crippen LogP contribution in [0.3, 0.4) is 0 Å². The maximum Gasteiger partial charge on any atom is 0.337 e. The standard InChI is InChI=1S/C21H19ClN4O3/c1-23-20(27)14-6-4-8-16(12-14)29-17-9-5-7-15(13-17)25-26-21(28)24-19-11-3-2-10-18(19)22/h2-13,25H,1H3,(H,23,27)(H2,24,26,28). The smallest absolute Gasteiger partial charge is 0.337 e. The van der Waals surface area contributed by atoms with Gasteiger partial charge in [0.05, 0.1) is 16.4 Å². The summed E-state index contributed by atoms with van der Waals surface area (Å²) in [4.78, 5) is 23.8. The molecule has 7 nitrogen and oxygen atoms in total. The van der Waals surface area contributed by atoms with Crippen LogP contribution >= 0.6 is 11.6 Å². The summed E-state index contributed by atoms with van der Waals surface area (Å²) in [6, 6.07) is 20.3. The lowest BCUT2D eigenvalue weighted by molar-refractivity contribution is 0.0962. The van der Waals surface area contributed by atoms with Gasteiger partial charge in [-0.25, -0.2) is 4.79 Å². The molecule has 0 heterocycles. The van der Waals surface area contributed by atoms with Crippen molar-refractivity contribution >= 4 is 34.9 Å². The van der Waals surface area contributed by atoms with Gasteiger partial charge in [0.15, 0.2) is 0 Å². The number of hydrogen-bond donors (Lipinski definition) is 4. The van der Waals surface area contributed by atoms with Gasteiger partial charge in [0.1, 0.15) is 11.5 Å². The van der Waals surface area contributed by atoms with E-state index in [2.05, 4.69) is 21.5 Å². The van der Waals surface area contributed by atoms with Crippen LogP contribution in [0.1, 0.15) is 10.4 Å². The van der Waals surface area contributed by atoms with Gasteiger partial charge in [0.2, 0.25) is 0 Å². The summed E-state index contributed by atoms with van der Waals surface area (Å²) in [5.74, 6) is 0.865. The number of amides is 3. The third-order valence-corrected chi connectivity index (χ3v) is 4.17. The predicted octanol–water partition coefficient (Wildman–Crippen LogP) is 4.64. The molecule has 148 valence electrons. The summed E-state index contributed by atoms with van der Waals surface area (Å²) in [5, 5.41) is 5.66. The fourth-order valence-corrected chi connectivity index (χ4v) is 2.65. The summed E-state index contributed by atoms with van der Waals surface area (Å²) in [5.41, 5.74) is 6.94. The minimum atomic E-state index is -0.470. The number of hydrazine groups is 1. The van der Waals surface area contributed by atoms with Crippen molar-refractivity contribution < 1.29 is 14.3 Å². The molecular formula is C21H19ClN4O3. The number of benzene rings is 3. The Morgan fingerprint density at radius 2 is 1.62 bits per heavy atom. The number of para-hydroxylation sites is 1. The molecule has 0 radical (unpaired) electrons. The summed E-state index contributed by atoms with van der Waals surface area (Å²) >= 11 is 6.02. The second-order valence-electron chi connectivity index (χ2n) is 5.92. The van der Waals surface area contributed by atoms with Gasteiger partial charge in [-0.1, -0.05) is 35.9 Å². The number of anilines is 2. The Labute approximate surface area is 173 Å². The number of nitrogens with one attached hydrogen (secondary N) is 4. The Morgan fingerprint density at radius 3 is 2.38 bits per heavy atom. The molecule has 3 aromatic rings. The van der Waals surface area contributed by atoms with Crippen LogP contribution in [-0.2, 0) is 0 Å². The number of halogens is 1. The molecule has 29 heavy (non-hydrogen) atoms. The van der Waals surface area contributed by atoms with Crippen LogP contribution in [0.15, 0.2) is 72.8 Å². The van der Waals surface area contributed by atoms with Gasteiger partial charge in [-0.05, 0) is 42.5 Å². The van der Waals surface area contributed by atoms with Gasteiger partial charge in [-0.2, -0.15) is 0 Å². The molecule has 3 amide bonds. The van der Waals surface area contributed by atoms with Crippen LogP contribution in [0, 0.1) is 0 Å². The summed E-state index contributed by atoms with van der Waals surface area (Å²) in [7, 11) is 1.57. The minimum absolute atomic E-state index is 0.195. The van der Waals surface area contributed by atoms with Crippen LogP contribution < -0.4 is 26.2 Å². The first-order chi connectivity index (χ1) is 14.0. The van der Waals surface area contributed by atoms with Crippen molar-refractivity contribution in [1.29, 1.82) is 0 Å². The normalized spacial score (nSPS) is 10.0. The van der Waals surface area contributed by atoms with Gasteiger partial charge < -0.3 is 15.4 Å². The highest BCUT2D eigenvalue weighted by Gasteiger charge is 2.07. The Hall–Kier alpha value is -3.71. The van der Waals surface area contributed by atoms with E-state index in [1.807, 2.05) is 0 Å². The van der Waals surface area contributed by atoms with Crippen LogP contribution in [-0.4, -0.2) is 19.0 Å². The average Bonchev–Trinajstić information content (AvgIpc) is 2.74. The van der Waals surface area contributed by atoms with Crippen molar-refractivity contribution in [3.05, 3.63) is 83.4 Å². The number of carbonyl (C=O) groups is 2. The van der Waals surface area contributed by atoms with E-state index >= 15 is 0 Å². The molecule has 0 spiro atoms. The molecule has 4 N–H and O–H groups in total. The van der Waals surface area contributed by atoms with Crippen LogP contribution in [0.2, 0.25) is 5.02 Å². The lowest BCUT2D eigenvalue weighted by Crippen LogP contribution is -2.33. The Balaban J connectivity index is 1.60. The fraction of sp³-hybridized carbons (Fsp3) is 0.0476. The zero-order valence-corrected chi connectivity index (χ0v) is 16.3. The first kappa shape index (κ1) is 20.0. The number of rotatable bonds is 6. The van der Waals surface area contributed by atoms with Crippen LogP contribution in [0.5, 0.6) is 11.5 Å². The maximum absolute atomic E-state index is 12.0. The monoisotopic (exact) mass is 410 g/mol. The molecule has 0 aliphatic rings. The molecule has 0 unspecified atom stereocenters. The largest absolute Gasteiger partial charge is 0.457 e. The van der Waals surface area contributed by atoms with Crippen molar-refractivity contribution in [3.8, 4) is 11.5 Å². The molecule has 0 saturated heterocycles. The van der Waals surface area contributed by atoms with Crippen LogP contribution in [0.25, 0.3) is 0 Å². The van der Waals surface area contributed by atoms with Gasteiger partial charge in [-0.15, -0.1) is 0 Å². The molecule has 3 aromatic carbocycles. The van der Waals surface area contributed by atoms with E-state index in [0.717, 1.165) is 0 Å². The topological polar surface area (TPSA) is 91.5 Å². The minimum Gasteiger partial charge on any atom is -0.457 e. The second kappa shape index (κ2) is 9.48. The molecular weight excluding hydrogens is 392 g/mol. The third kappa shape index (κ3) is 5.63. The molecule has 0 aliphatic heterocycles. The highest BCUT2D eigenvalue weighted by atomic mass is 35.5. The van der Waals surface area contributed by atoms with Gasteiger partial charge in [0, 0.05) is 18.7 Å². The van der Waals surface area contributed by atoms with E-state index in [1.54, 1.807) is 79.8 Å². The zero-order valence-electron chi connectivity index (χ0n) is 15.5. The molecule has 0 aliphatic carbocycles. The molecule has 0 saturated carbocycles. The molecule has 3 rings (SSSR count). The number of carbonyl (C=O) groups excluding carboxylic acids is 2. The lowest BCUT2D eigenvalue weighted by atomic mass is 10.2. The average molecular weight is 411 g/mol. The SMILES string of the molecule is CNC(=O)c1cccc(Oc2cccc(NNC(=O)Nc3ccccc3Cl)c2)c1. The molecule has 0 fully saturated rings. The van der Waals surface area contributed by atoms with E-state index in [4.69, 9.17) is 16.3 Å². The second-order valence-corrected chi connectivity index (χ2v) is 6.33. The summed E-state index contributed by atoms with van der Waals surface area (Å²) < 4.78 is 5.81. The molecule has 0 aromatic heterocycles. The van der Waals surface area contributed by atoms with Crippen molar-refractivity contribution in [1.82, 2.24) is 10.7 Å². The quantitative estimate of drug-likeness (QED) is 0.445. The van der Waals surface area contributed by atoms with Crippen molar-refractivity contribution in [2.45, 2.75) is 0 Å². The van der Waals surface area contributed by atoms with E-state index in [-0.39, 0.29) is 5.91 Å². The maximum atomic E-state index is 12.0. The van der Waals surface area contributed by atoms with E-state index < -0.39 is 6.03 Å². The molecule has 0 atom stereocenters. The number of ether oxygens (including phenoxy) is 1. The Bertz CT molecular complexity index is 1030. The number of urea groups is 1. The van der Waals surface area contributed by atoms with Crippen molar-refractivity contribution in [3.63, 3.8) is 0 Å². The van der Waals surface area contributed by atoms with Gasteiger partial charge in [-0.3, -0.25) is 15.6 Å². The molecule has 0 bridgehead atoms. The first-order valence-electron chi connectivity index (χ1n) is 8.73.